The molecule has 0 unspecified atom stereocenters. The molecule has 0 saturated carbocycles. The van der Waals surface area contributed by atoms with E-state index in [9.17, 15) is 0 Å². The molecule has 0 heterocycles. The summed E-state index contributed by atoms with van der Waals surface area (Å²) in [6.07, 6.45) is 0. The third-order valence-electron chi connectivity index (χ3n) is 1.45. The van der Waals surface area contributed by atoms with Gasteiger partial charge in [-0.15, -0.1) is 5.10 Å². The Kier molecular flexibility index (Phi) is 2.53. The van der Waals surface area contributed by atoms with Gasteiger partial charge in [-0.2, -0.15) is 0 Å². The van der Waals surface area contributed by atoms with Crippen molar-refractivity contribution in [3.05, 3.63) is 29.8 Å². The fourth-order valence-electron chi connectivity index (χ4n) is 0.823. The third kappa shape index (κ3) is 2.16. The number of benzene rings is 1. The maximum atomic E-state index is 5.16. The van der Waals surface area contributed by atoms with Gasteiger partial charge in [-0.1, -0.05) is 18.2 Å². The maximum Gasteiger partial charge on any atom is 0.208 e. The highest BCUT2D eigenvalue weighted by Gasteiger charge is 1.92. The molecule has 0 aliphatic rings. The smallest absolute Gasteiger partial charge is 0.208 e. The van der Waals surface area contributed by atoms with Crippen molar-refractivity contribution in [2.75, 3.05) is 5.43 Å². The fourth-order valence-corrected chi connectivity index (χ4v) is 0.823. The van der Waals surface area contributed by atoms with Gasteiger partial charge in [-0.25, -0.2) is 0 Å². The van der Waals surface area contributed by atoms with Crippen LogP contribution in [0.4, 0.5) is 5.69 Å². The van der Waals surface area contributed by atoms with Gasteiger partial charge >= 0.3 is 0 Å². The first-order chi connectivity index (χ1) is 5.70. The molecule has 0 aromatic heterocycles. The third-order valence-corrected chi connectivity index (χ3v) is 1.45. The van der Waals surface area contributed by atoms with Crippen LogP contribution < -0.4 is 16.9 Å². The van der Waals surface area contributed by atoms with Crippen molar-refractivity contribution in [2.24, 2.45) is 16.6 Å². The van der Waals surface area contributed by atoms with E-state index in [2.05, 4.69) is 10.5 Å². The molecule has 0 fully saturated rings. The zero-order valence-corrected chi connectivity index (χ0v) is 6.91. The predicted octanol–water partition coefficient (Wildman–Crippen LogP) is 0.595. The van der Waals surface area contributed by atoms with E-state index in [0.717, 1.165) is 11.3 Å². The highest BCUT2D eigenvalue weighted by Crippen LogP contribution is 2.12. The Morgan fingerprint density at radius 3 is 2.58 bits per heavy atom. The van der Waals surface area contributed by atoms with Crippen molar-refractivity contribution in [1.29, 1.82) is 0 Å². The monoisotopic (exact) mass is 164 g/mol. The van der Waals surface area contributed by atoms with Crippen molar-refractivity contribution in [3.8, 4) is 0 Å². The van der Waals surface area contributed by atoms with Crippen LogP contribution in [0.2, 0.25) is 0 Å². The van der Waals surface area contributed by atoms with Crippen LogP contribution in [0.25, 0.3) is 0 Å². The summed E-state index contributed by atoms with van der Waals surface area (Å²) in [7, 11) is 0. The lowest BCUT2D eigenvalue weighted by Crippen LogP contribution is -2.24. The lowest BCUT2D eigenvalue weighted by molar-refractivity contribution is 1.27. The Labute approximate surface area is 71.3 Å². The molecule has 4 heteroatoms. The molecule has 0 bridgehead atoms. The second-order valence-electron chi connectivity index (χ2n) is 2.46. The number of guanidine groups is 1. The molecular formula is C8H12N4. The highest BCUT2D eigenvalue weighted by atomic mass is 15.3. The van der Waals surface area contributed by atoms with E-state index in [4.69, 9.17) is 11.5 Å². The van der Waals surface area contributed by atoms with Gasteiger partial charge in [0, 0.05) is 0 Å². The summed E-state index contributed by atoms with van der Waals surface area (Å²) < 4.78 is 0. The SMILES string of the molecule is Cc1ccccc1NN=C(N)N. The van der Waals surface area contributed by atoms with Crippen LogP contribution in [0.3, 0.4) is 0 Å². The summed E-state index contributed by atoms with van der Waals surface area (Å²) in [4.78, 5) is 0. The topological polar surface area (TPSA) is 76.4 Å². The molecule has 1 aromatic carbocycles. The average Bonchev–Trinajstić information content (AvgIpc) is 2.03. The lowest BCUT2D eigenvalue weighted by Gasteiger charge is -2.03. The predicted molar refractivity (Wildman–Crippen MR) is 50.6 cm³/mol. The first-order valence-electron chi connectivity index (χ1n) is 3.60. The number of nitrogens with one attached hydrogen (secondary N) is 1. The summed E-state index contributed by atoms with van der Waals surface area (Å²) in [5.74, 6) is 0.0262. The van der Waals surface area contributed by atoms with Crippen LogP contribution >= 0.6 is 0 Å². The number of hydrogen-bond acceptors (Lipinski definition) is 2. The van der Waals surface area contributed by atoms with E-state index in [-0.39, 0.29) is 5.96 Å². The molecule has 1 rings (SSSR count). The van der Waals surface area contributed by atoms with Gasteiger partial charge in [0.15, 0.2) is 0 Å². The Hall–Kier alpha value is -1.71. The van der Waals surface area contributed by atoms with E-state index in [1.165, 1.54) is 0 Å². The molecule has 12 heavy (non-hydrogen) atoms. The number of nitrogens with two attached hydrogens (primary N) is 2. The molecule has 64 valence electrons. The second kappa shape index (κ2) is 3.61. The summed E-state index contributed by atoms with van der Waals surface area (Å²) in [6.45, 7) is 1.98. The van der Waals surface area contributed by atoms with E-state index in [0.29, 0.717) is 0 Å². The van der Waals surface area contributed by atoms with E-state index in [1.54, 1.807) is 0 Å². The van der Waals surface area contributed by atoms with Gasteiger partial charge in [-0.3, -0.25) is 5.43 Å². The molecule has 0 radical (unpaired) electrons. The molecule has 1 aromatic rings. The summed E-state index contributed by atoms with van der Waals surface area (Å²) >= 11 is 0. The molecular weight excluding hydrogens is 152 g/mol. The summed E-state index contributed by atoms with van der Waals surface area (Å²) in [6, 6.07) is 7.75. The minimum absolute atomic E-state index is 0.0262. The fraction of sp³-hybridized carbons (Fsp3) is 0.125. The van der Waals surface area contributed by atoms with Crippen LogP contribution in [0.1, 0.15) is 5.56 Å². The van der Waals surface area contributed by atoms with Crippen molar-refractivity contribution in [2.45, 2.75) is 6.92 Å². The van der Waals surface area contributed by atoms with Crippen LogP contribution in [0, 0.1) is 6.92 Å². The number of hydrazone groups is 1. The van der Waals surface area contributed by atoms with Gasteiger partial charge < -0.3 is 11.5 Å². The van der Waals surface area contributed by atoms with E-state index in [1.807, 2.05) is 31.2 Å². The first kappa shape index (κ1) is 8.39. The van der Waals surface area contributed by atoms with Crippen molar-refractivity contribution in [1.82, 2.24) is 0 Å². The Morgan fingerprint density at radius 2 is 2.00 bits per heavy atom. The molecule has 5 N–H and O–H groups in total. The number of anilines is 1. The Bertz CT molecular complexity index is 289. The minimum atomic E-state index is 0.0262. The minimum Gasteiger partial charge on any atom is -0.369 e. The molecule has 4 nitrogen and oxygen atoms in total. The molecule has 0 spiro atoms. The average molecular weight is 164 g/mol. The van der Waals surface area contributed by atoms with Crippen LogP contribution in [-0.2, 0) is 0 Å². The van der Waals surface area contributed by atoms with Crippen molar-refractivity contribution >= 4 is 11.6 Å². The number of rotatable bonds is 2. The number of hydrogen-bond donors (Lipinski definition) is 3. The molecule has 0 aliphatic heterocycles. The largest absolute Gasteiger partial charge is 0.369 e. The second-order valence-corrected chi connectivity index (χ2v) is 2.46. The Morgan fingerprint density at radius 1 is 1.33 bits per heavy atom. The summed E-state index contributed by atoms with van der Waals surface area (Å²) in [5.41, 5.74) is 15.1. The van der Waals surface area contributed by atoms with E-state index < -0.39 is 0 Å². The number of aryl methyl sites for hydroxylation is 1. The lowest BCUT2D eigenvalue weighted by atomic mass is 10.2. The quantitative estimate of drug-likeness (QED) is 0.340. The molecule has 0 atom stereocenters. The standard InChI is InChI=1S/C8H12N4/c1-6-4-2-3-5-7(6)11-12-8(9)10/h2-5,11H,1H3,(H4,9,10,12). The van der Waals surface area contributed by atoms with Gasteiger partial charge in [0.25, 0.3) is 0 Å². The van der Waals surface area contributed by atoms with Crippen LogP contribution in [-0.4, -0.2) is 5.96 Å². The first-order valence-corrected chi connectivity index (χ1v) is 3.60. The van der Waals surface area contributed by atoms with E-state index >= 15 is 0 Å². The van der Waals surface area contributed by atoms with Gasteiger partial charge in [0.1, 0.15) is 0 Å². The van der Waals surface area contributed by atoms with Crippen molar-refractivity contribution < 1.29 is 0 Å². The normalized spacial score (nSPS) is 9.08. The number of nitrogens with zero attached hydrogens (tertiary/aromatic N) is 1. The van der Waals surface area contributed by atoms with Gasteiger partial charge in [0.2, 0.25) is 5.96 Å². The van der Waals surface area contributed by atoms with Crippen LogP contribution in [0.5, 0.6) is 0 Å². The molecule has 0 amide bonds. The van der Waals surface area contributed by atoms with Crippen molar-refractivity contribution in [3.63, 3.8) is 0 Å². The highest BCUT2D eigenvalue weighted by molar-refractivity contribution is 5.76. The Balaban J connectivity index is 2.76. The molecule has 0 aliphatic carbocycles. The van der Waals surface area contributed by atoms with Gasteiger partial charge in [-0.05, 0) is 18.6 Å². The maximum absolute atomic E-state index is 5.16. The van der Waals surface area contributed by atoms with Gasteiger partial charge in [0.05, 0.1) is 5.69 Å². The number of para-hydroxylation sites is 1. The zero-order valence-electron chi connectivity index (χ0n) is 6.91. The summed E-state index contributed by atoms with van der Waals surface area (Å²) in [5, 5.41) is 3.68. The molecule has 0 saturated heterocycles. The van der Waals surface area contributed by atoms with Crippen LogP contribution in [0.15, 0.2) is 29.4 Å². The zero-order chi connectivity index (χ0) is 8.97.